The Hall–Kier alpha value is -2.34. The predicted octanol–water partition coefficient (Wildman–Crippen LogP) is 5.46. The van der Waals surface area contributed by atoms with Crippen molar-refractivity contribution in [2.75, 3.05) is 37.6 Å². The molecule has 0 bridgehead atoms. The molecule has 1 atom stereocenters. The Morgan fingerprint density at radius 3 is 2.03 bits per heavy atom. The summed E-state index contributed by atoms with van der Waals surface area (Å²) in [5, 5.41) is 0.258. The van der Waals surface area contributed by atoms with E-state index in [4.69, 9.17) is 11.6 Å². The number of hydrogen-bond donors (Lipinski definition) is 0. The molecule has 3 aromatic rings. The monoisotopic (exact) mass is 468 g/mol. The standard InChI is InChI=1S/C26H29ClN2O2S/c27-24-14-7-8-15-25(24)29-20-18-28(19-21-29)17-9-16-26(22-10-3-1-4-11-22)32(30,31)23-12-5-2-6-13-23/h1-8,10-15,26H,9,16-21H2. The maximum Gasteiger partial charge on any atom is 0.185 e. The highest BCUT2D eigenvalue weighted by atomic mass is 35.5. The first-order chi connectivity index (χ1) is 15.6. The first-order valence-electron chi connectivity index (χ1n) is 11.1. The molecule has 32 heavy (non-hydrogen) atoms. The first kappa shape index (κ1) is 22.8. The summed E-state index contributed by atoms with van der Waals surface area (Å²) in [7, 11) is -3.45. The lowest BCUT2D eigenvalue weighted by molar-refractivity contribution is 0.252. The van der Waals surface area contributed by atoms with Crippen LogP contribution in [0.4, 0.5) is 5.69 Å². The molecule has 0 radical (unpaired) electrons. The number of sulfone groups is 1. The van der Waals surface area contributed by atoms with Crippen molar-refractivity contribution in [1.29, 1.82) is 0 Å². The van der Waals surface area contributed by atoms with Gasteiger partial charge in [0.2, 0.25) is 0 Å². The molecule has 0 N–H and O–H groups in total. The third kappa shape index (κ3) is 5.34. The second kappa shape index (κ2) is 10.5. The minimum atomic E-state index is -3.45. The lowest BCUT2D eigenvalue weighted by atomic mass is 10.1. The fraction of sp³-hybridized carbons (Fsp3) is 0.308. The minimum absolute atomic E-state index is 0.391. The number of piperazine rings is 1. The second-order valence-electron chi connectivity index (χ2n) is 8.18. The zero-order chi connectivity index (χ0) is 22.4. The van der Waals surface area contributed by atoms with Gasteiger partial charge < -0.3 is 4.90 Å². The largest absolute Gasteiger partial charge is 0.368 e. The summed E-state index contributed by atoms with van der Waals surface area (Å²) in [6, 6.07) is 26.4. The van der Waals surface area contributed by atoms with Gasteiger partial charge in [-0.3, -0.25) is 4.90 Å². The number of anilines is 1. The molecule has 1 unspecified atom stereocenters. The molecule has 4 nitrogen and oxygen atoms in total. The zero-order valence-electron chi connectivity index (χ0n) is 18.1. The van der Waals surface area contributed by atoms with E-state index in [-0.39, 0.29) is 0 Å². The van der Waals surface area contributed by atoms with Crippen molar-refractivity contribution in [2.24, 2.45) is 0 Å². The van der Waals surface area contributed by atoms with Crippen molar-refractivity contribution in [3.05, 3.63) is 95.5 Å². The van der Waals surface area contributed by atoms with Gasteiger partial charge >= 0.3 is 0 Å². The Morgan fingerprint density at radius 1 is 0.781 bits per heavy atom. The topological polar surface area (TPSA) is 40.6 Å². The number of hydrogen-bond acceptors (Lipinski definition) is 4. The molecule has 1 heterocycles. The molecule has 1 aliphatic heterocycles. The van der Waals surface area contributed by atoms with Crippen LogP contribution in [0.5, 0.6) is 0 Å². The van der Waals surface area contributed by atoms with Gasteiger partial charge in [0.15, 0.2) is 9.84 Å². The number of halogens is 1. The van der Waals surface area contributed by atoms with E-state index in [1.54, 1.807) is 24.3 Å². The summed E-state index contributed by atoms with van der Waals surface area (Å²) in [6.07, 6.45) is 1.43. The predicted molar refractivity (Wildman–Crippen MR) is 132 cm³/mol. The van der Waals surface area contributed by atoms with E-state index in [1.165, 1.54) is 0 Å². The highest BCUT2D eigenvalue weighted by Gasteiger charge is 2.29. The van der Waals surface area contributed by atoms with E-state index >= 15 is 0 Å². The molecule has 0 aliphatic carbocycles. The lowest BCUT2D eigenvalue weighted by Gasteiger charge is -2.36. The van der Waals surface area contributed by atoms with Gasteiger partial charge in [-0.2, -0.15) is 0 Å². The van der Waals surface area contributed by atoms with Crippen LogP contribution in [0.25, 0.3) is 0 Å². The van der Waals surface area contributed by atoms with Crippen molar-refractivity contribution in [3.63, 3.8) is 0 Å². The molecule has 1 saturated heterocycles. The molecule has 0 saturated carbocycles. The third-order valence-electron chi connectivity index (χ3n) is 6.12. The van der Waals surface area contributed by atoms with Crippen LogP contribution in [0, 0.1) is 0 Å². The van der Waals surface area contributed by atoms with Crippen LogP contribution in [-0.2, 0) is 9.84 Å². The van der Waals surface area contributed by atoms with Gasteiger partial charge in [-0.25, -0.2) is 8.42 Å². The SMILES string of the molecule is O=S(=O)(c1ccccc1)C(CCCN1CCN(c2ccccc2Cl)CC1)c1ccccc1. The van der Waals surface area contributed by atoms with Crippen LogP contribution in [0.3, 0.4) is 0 Å². The average molecular weight is 469 g/mol. The number of benzene rings is 3. The quantitative estimate of drug-likeness (QED) is 0.440. The molecule has 0 spiro atoms. The van der Waals surface area contributed by atoms with Gasteiger partial charge in [0.25, 0.3) is 0 Å². The summed E-state index contributed by atoms with van der Waals surface area (Å²) in [6.45, 7) is 4.64. The van der Waals surface area contributed by atoms with Gasteiger partial charge in [0.05, 0.1) is 20.9 Å². The van der Waals surface area contributed by atoms with Crippen molar-refractivity contribution in [3.8, 4) is 0 Å². The summed E-state index contributed by atoms with van der Waals surface area (Å²) >= 11 is 6.35. The number of rotatable bonds is 8. The van der Waals surface area contributed by atoms with Gasteiger partial charge in [-0.15, -0.1) is 0 Å². The van der Waals surface area contributed by atoms with Gasteiger partial charge in [0.1, 0.15) is 0 Å². The highest BCUT2D eigenvalue weighted by molar-refractivity contribution is 7.91. The first-order valence-corrected chi connectivity index (χ1v) is 13.0. The van der Waals surface area contributed by atoms with E-state index in [0.717, 1.165) is 55.4 Å². The van der Waals surface area contributed by atoms with E-state index < -0.39 is 15.1 Å². The summed E-state index contributed by atoms with van der Waals surface area (Å²) in [4.78, 5) is 5.14. The van der Waals surface area contributed by atoms with Crippen molar-refractivity contribution >= 4 is 27.1 Å². The van der Waals surface area contributed by atoms with Crippen LogP contribution < -0.4 is 4.90 Å². The van der Waals surface area contributed by atoms with Gasteiger partial charge in [-0.1, -0.05) is 72.3 Å². The Bertz CT molecular complexity index is 1100. The molecule has 6 heteroatoms. The Morgan fingerprint density at radius 2 is 1.38 bits per heavy atom. The number of para-hydroxylation sites is 1. The van der Waals surface area contributed by atoms with Crippen LogP contribution in [-0.4, -0.2) is 46.0 Å². The molecular weight excluding hydrogens is 440 g/mol. The fourth-order valence-corrected chi connectivity index (χ4v) is 6.48. The second-order valence-corrected chi connectivity index (χ2v) is 10.7. The average Bonchev–Trinajstić information content (AvgIpc) is 2.84. The summed E-state index contributed by atoms with van der Waals surface area (Å²) < 4.78 is 26.8. The molecule has 0 amide bonds. The van der Waals surface area contributed by atoms with Crippen molar-refractivity contribution < 1.29 is 8.42 Å². The molecular formula is C26H29ClN2O2S. The molecule has 4 rings (SSSR count). The number of nitrogens with zero attached hydrogens (tertiary/aromatic N) is 2. The highest BCUT2D eigenvalue weighted by Crippen LogP contribution is 2.33. The fourth-order valence-electron chi connectivity index (χ4n) is 4.36. The van der Waals surface area contributed by atoms with E-state index in [9.17, 15) is 8.42 Å². The van der Waals surface area contributed by atoms with Crippen LogP contribution in [0.2, 0.25) is 5.02 Å². The minimum Gasteiger partial charge on any atom is -0.368 e. The van der Waals surface area contributed by atoms with Crippen LogP contribution in [0.1, 0.15) is 23.7 Å². The van der Waals surface area contributed by atoms with E-state index in [0.29, 0.717) is 11.3 Å². The molecule has 1 fully saturated rings. The third-order valence-corrected chi connectivity index (χ3v) is 8.63. The molecule has 0 aromatic heterocycles. The Labute approximate surface area is 196 Å². The summed E-state index contributed by atoms with van der Waals surface area (Å²) in [5.74, 6) is 0. The molecule has 1 aliphatic rings. The van der Waals surface area contributed by atoms with E-state index in [2.05, 4.69) is 15.9 Å². The zero-order valence-corrected chi connectivity index (χ0v) is 19.7. The van der Waals surface area contributed by atoms with Crippen molar-refractivity contribution in [1.82, 2.24) is 4.90 Å². The smallest absolute Gasteiger partial charge is 0.185 e. The maximum atomic E-state index is 13.4. The van der Waals surface area contributed by atoms with Gasteiger partial charge in [-0.05, 0) is 49.2 Å². The Kier molecular flexibility index (Phi) is 7.51. The Balaban J connectivity index is 1.38. The normalized spacial score (nSPS) is 16.1. The van der Waals surface area contributed by atoms with Gasteiger partial charge in [0, 0.05) is 26.2 Å². The summed E-state index contributed by atoms with van der Waals surface area (Å²) in [5.41, 5.74) is 1.95. The maximum absolute atomic E-state index is 13.4. The molecule has 3 aromatic carbocycles. The van der Waals surface area contributed by atoms with Crippen LogP contribution in [0.15, 0.2) is 89.8 Å². The van der Waals surface area contributed by atoms with E-state index in [1.807, 2.05) is 54.6 Å². The van der Waals surface area contributed by atoms with Crippen LogP contribution >= 0.6 is 11.6 Å². The lowest BCUT2D eigenvalue weighted by Crippen LogP contribution is -2.46. The molecule has 168 valence electrons. The van der Waals surface area contributed by atoms with Crippen molar-refractivity contribution in [2.45, 2.75) is 23.0 Å².